The maximum Gasteiger partial charge on any atom is 0.277 e. The van der Waals surface area contributed by atoms with Gasteiger partial charge in [0.05, 0.1) is 19.8 Å². The van der Waals surface area contributed by atoms with E-state index in [1.54, 1.807) is 13.3 Å². The van der Waals surface area contributed by atoms with E-state index in [2.05, 4.69) is 24.4 Å². The van der Waals surface area contributed by atoms with Gasteiger partial charge in [-0.15, -0.1) is 0 Å². The van der Waals surface area contributed by atoms with Crippen LogP contribution in [0.2, 0.25) is 5.15 Å². The van der Waals surface area contributed by atoms with E-state index in [1.807, 2.05) is 30.0 Å². The van der Waals surface area contributed by atoms with Crippen molar-refractivity contribution in [2.45, 2.75) is 45.8 Å². The van der Waals surface area contributed by atoms with E-state index in [1.165, 1.54) is 0 Å². The molecule has 0 saturated carbocycles. The van der Waals surface area contributed by atoms with Gasteiger partial charge in [-0.25, -0.2) is 19.1 Å². The Labute approximate surface area is 249 Å². The Morgan fingerprint density at radius 1 is 1.17 bits per heavy atom. The number of hydrogen-bond donors (Lipinski definition) is 3. The lowest BCUT2D eigenvalue weighted by Gasteiger charge is -2.26. The zero-order valence-corrected chi connectivity index (χ0v) is 25.9. The van der Waals surface area contributed by atoms with Gasteiger partial charge in [0.25, 0.3) is 11.7 Å². The number of rotatable bonds is 13. The van der Waals surface area contributed by atoms with E-state index in [0.717, 1.165) is 36.2 Å². The number of aromatic nitrogens is 4. The molecule has 3 heterocycles. The Kier molecular flexibility index (Phi) is 10.3. The second kappa shape index (κ2) is 13.7. The summed E-state index contributed by atoms with van der Waals surface area (Å²) in [7, 11) is -2.39. The van der Waals surface area contributed by atoms with Gasteiger partial charge < -0.3 is 35.7 Å². The average Bonchev–Trinajstić information content (AvgIpc) is 3.24. The molecule has 2 aromatic heterocycles. The molecule has 228 valence electrons. The Bertz CT molecular complexity index is 1510. The zero-order valence-electron chi connectivity index (χ0n) is 24.3. The van der Waals surface area contributed by atoms with E-state index in [9.17, 15) is 14.2 Å². The number of anilines is 2. The first-order chi connectivity index (χ1) is 20.0. The zero-order chi connectivity index (χ0) is 30.4. The number of hydrogen-bond acceptors (Lipinski definition) is 9. The van der Waals surface area contributed by atoms with Crippen LogP contribution in [0.4, 0.5) is 11.6 Å². The van der Waals surface area contributed by atoms with E-state index in [0.29, 0.717) is 45.0 Å². The van der Waals surface area contributed by atoms with Crippen LogP contribution < -0.4 is 26.1 Å². The molecular weight excluding hydrogens is 583 g/mol. The normalized spacial score (nSPS) is 14.0. The lowest BCUT2D eigenvalue weighted by molar-refractivity contribution is -0.676. The van der Waals surface area contributed by atoms with Crippen LogP contribution in [0.25, 0.3) is 11.0 Å². The molecule has 15 heteroatoms. The summed E-state index contributed by atoms with van der Waals surface area (Å²) in [5.41, 5.74) is 13.2. The van der Waals surface area contributed by atoms with Crippen LogP contribution in [0, 0.1) is 0 Å². The van der Waals surface area contributed by atoms with Gasteiger partial charge in [0.2, 0.25) is 5.91 Å². The Morgan fingerprint density at radius 2 is 1.93 bits per heavy atom. The predicted octanol–water partition coefficient (Wildman–Crippen LogP) is 2.47. The number of carbonyl (C=O) groups excluding carboxylic acids is 2. The number of likely N-dealkylation sites (tertiary alicyclic amines) is 1. The van der Waals surface area contributed by atoms with Crippen LogP contribution in [0.15, 0.2) is 18.2 Å². The maximum atomic E-state index is 13.0. The highest BCUT2D eigenvalue weighted by molar-refractivity contribution is 7.62. The molecule has 0 radical (unpaired) electrons. The first kappa shape index (κ1) is 31.5. The van der Waals surface area contributed by atoms with Gasteiger partial charge in [-0.3, -0.25) is 9.59 Å². The number of piperidine rings is 1. The fraction of sp³-hybridized carbons (Fsp3) is 0.519. The van der Waals surface area contributed by atoms with Crippen molar-refractivity contribution in [3.63, 3.8) is 0 Å². The first-order valence-corrected chi connectivity index (χ1v) is 17.1. The van der Waals surface area contributed by atoms with Crippen LogP contribution in [-0.2, 0) is 33.7 Å². The number of fused-ring (bicyclic) bond motifs is 1. The quantitative estimate of drug-likeness (QED) is 0.147. The molecule has 0 atom stereocenters. The molecule has 1 aliphatic rings. The minimum absolute atomic E-state index is 0.0557. The van der Waals surface area contributed by atoms with Crippen molar-refractivity contribution in [3.05, 3.63) is 34.9 Å². The summed E-state index contributed by atoms with van der Waals surface area (Å²) < 4.78 is 28.2. The maximum absolute atomic E-state index is 13.0. The Morgan fingerprint density at radius 3 is 2.64 bits per heavy atom. The number of benzene rings is 1. The molecule has 5 N–H and O–H groups in total. The molecule has 1 fully saturated rings. The molecule has 4 rings (SSSR count). The van der Waals surface area contributed by atoms with Crippen molar-refractivity contribution < 1.29 is 28.2 Å². The van der Waals surface area contributed by atoms with Crippen LogP contribution in [-0.4, -0.2) is 77.2 Å². The lowest BCUT2D eigenvalue weighted by atomic mass is 10.1. The standard InChI is InChI=1S/C27H38ClN8O5P/c1-4-35-19-9-8-18(41-17-42(2,3)39)15-20(19)36(12-14-40-13-11-34-10-6-5-7-22(34)37)21(35)16-31-27(38)23-25(29)33-26(30)24(28)32-23/h8-9,15H,4-7,10-14,16-17H2,1-3H3,(H4-,29,30,31,33,38)/p+1. The van der Waals surface area contributed by atoms with Gasteiger partial charge in [-0.05, 0) is 45.2 Å². The van der Waals surface area contributed by atoms with Gasteiger partial charge in [-0.1, -0.05) is 11.6 Å². The third-order valence-corrected chi connectivity index (χ3v) is 7.95. The van der Waals surface area contributed by atoms with Gasteiger partial charge in [0, 0.05) is 25.6 Å². The number of aryl methyl sites for hydroxylation is 1. The van der Waals surface area contributed by atoms with Gasteiger partial charge in [0.15, 0.2) is 33.5 Å². The van der Waals surface area contributed by atoms with E-state index in [4.69, 9.17) is 32.5 Å². The van der Waals surface area contributed by atoms with E-state index >= 15 is 0 Å². The molecular formula is C27H39ClN8O5P+. The lowest BCUT2D eigenvalue weighted by Crippen LogP contribution is -2.41. The number of nitrogens with two attached hydrogens (primary N) is 2. The number of imidazole rings is 1. The van der Waals surface area contributed by atoms with Crippen LogP contribution in [0.5, 0.6) is 5.75 Å². The highest BCUT2D eigenvalue weighted by atomic mass is 35.5. The van der Waals surface area contributed by atoms with Crippen molar-refractivity contribution in [1.82, 2.24) is 24.8 Å². The predicted molar refractivity (Wildman–Crippen MR) is 161 cm³/mol. The average molecular weight is 622 g/mol. The number of nitrogens with zero attached hydrogens (tertiary/aromatic N) is 5. The molecule has 3 aromatic rings. The second-order valence-electron chi connectivity index (χ2n) is 10.6. The molecule has 0 bridgehead atoms. The Hall–Kier alpha value is -3.41. The fourth-order valence-corrected chi connectivity index (χ4v) is 5.45. The fourth-order valence-electron chi connectivity index (χ4n) is 4.87. The third-order valence-electron chi connectivity index (χ3n) is 6.92. The molecule has 1 aromatic carbocycles. The van der Waals surface area contributed by atoms with Crippen LogP contribution in [0.1, 0.15) is 42.5 Å². The minimum atomic E-state index is -2.39. The van der Waals surface area contributed by atoms with Crippen molar-refractivity contribution in [2.75, 3.05) is 57.4 Å². The molecule has 42 heavy (non-hydrogen) atoms. The molecule has 0 spiro atoms. The summed E-state index contributed by atoms with van der Waals surface area (Å²) in [6, 6.07) is 5.69. The van der Waals surface area contributed by atoms with E-state index in [-0.39, 0.29) is 41.3 Å². The van der Waals surface area contributed by atoms with Crippen molar-refractivity contribution in [2.24, 2.45) is 0 Å². The van der Waals surface area contributed by atoms with Crippen molar-refractivity contribution in [1.29, 1.82) is 0 Å². The SMILES string of the molecule is CC[n+]1c(CNC(=O)c2nc(Cl)c(N)nc2N)n(CCOCCN2CCCCC2=O)c2cc(OCP(C)(C)=O)ccc21. The molecule has 13 nitrogen and oxygen atoms in total. The van der Waals surface area contributed by atoms with Crippen LogP contribution >= 0.6 is 18.7 Å². The highest BCUT2D eigenvalue weighted by Gasteiger charge is 2.27. The summed E-state index contributed by atoms with van der Waals surface area (Å²) in [5, 5.41) is 2.77. The second-order valence-corrected chi connectivity index (χ2v) is 14.3. The number of ether oxygens (including phenoxy) is 2. The molecule has 0 aliphatic carbocycles. The number of halogens is 1. The number of amides is 2. The summed E-state index contributed by atoms with van der Waals surface area (Å²) in [4.78, 5) is 34.9. The third kappa shape index (κ3) is 7.70. The Balaban J connectivity index is 1.57. The van der Waals surface area contributed by atoms with Gasteiger partial charge in [0.1, 0.15) is 32.3 Å². The number of nitrogen functional groups attached to an aromatic ring is 2. The molecule has 1 saturated heterocycles. The number of carbonyl (C=O) groups is 2. The van der Waals surface area contributed by atoms with E-state index < -0.39 is 13.0 Å². The van der Waals surface area contributed by atoms with Crippen molar-refractivity contribution in [3.8, 4) is 5.75 Å². The summed E-state index contributed by atoms with van der Waals surface area (Å²) in [6.07, 6.45) is 2.68. The largest absolute Gasteiger partial charge is 0.486 e. The number of nitrogens with one attached hydrogen (secondary N) is 1. The van der Waals surface area contributed by atoms with Crippen molar-refractivity contribution >= 4 is 53.2 Å². The van der Waals surface area contributed by atoms with Gasteiger partial charge >= 0.3 is 0 Å². The first-order valence-electron chi connectivity index (χ1n) is 13.9. The molecule has 2 amide bonds. The monoisotopic (exact) mass is 621 g/mol. The minimum Gasteiger partial charge on any atom is -0.486 e. The van der Waals surface area contributed by atoms with Gasteiger partial charge in [-0.2, -0.15) is 0 Å². The van der Waals surface area contributed by atoms with Crippen LogP contribution in [0.3, 0.4) is 0 Å². The summed E-state index contributed by atoms with van der Waals surface area (Å²) >= 11 is 5.97. The smallest absolute Gasteiger partial charge is 0.277 e. The summed E-state index contributed by atoms with van der Waals surface area (Å²) in [5.74, 6) is 0.844. The summed E-state index contributed by atoms with van der Waals surface area (Å²) in [6.45, 7) is 8.75. The molecule has 0 unspecified atom stereocenters. The highest BCUT2D eigenvalue weighted by Crippen LogP contribution is 2.36. The topological polar surface area (TPSA) is 172 Å². The molecule has 1 aliphatic heterocycles.